The fourth-order valence-electron chi connectivity index (χ4n) is 3.11. The molecule has 0 unspecified atom stereocenters. The summed E-state index contributed by atoms with van der Waals surface area (Å²) in [6.07, 6.45) is 2.54. The quantitative estimate of drug-likeness (QED) is 0.824. The third kappa shape index (κ3) is 3.17. The molecule has 1 amide bonds. The molecule has 2 aromatic rings. The van der Waals surface area contributed by atoms with E-state index in [-0.39, 0.29) is 32.5 Å². The van der Waals surface area contributed by atoms with Crippen LogP contribution in [-0.2, 0) is 21.2 Å². The second kappa shape index (κ2) is 6.44. The van der Waals surface area contributed by atoms with Gasteiger partial charge in [0.15, 0.2) is 0 Å². The van der Waals surface area contributed by atoms with Crippen molar-refractivity contribution in [1.82, 2.24) is 0 Å². The third-order valence-corrected chi connectivity index (χ3v) is 6.83. The van der Waals surface area contributed by atoms with Gasteiger partial charge in [-0.1, -0.05) is 29.3 Å². The van der Waals surface area contributed by atoms with E-state index in [2.05, 4.69) is 4.72 Å². The molecule has 1 saturated carbocycles. The molecular formula is C18H16Cl2N2O3S. The molecule has 136 valence electrons. The minimum atomic E-state index is -3.81. The molecule has 0 radical (unpaired) electrons. The highest BCUT2D eigenvalue weighted by atomic mass is 35.5. The Kier molecular flexibility index (Phi) is 4.37. The van der Waals surface area contributed by atoms with Crippen LogP contribution in [0.3, 0.4) is 0 Å². The SMILES string of the molecule is O=C(C1CC1)N1CCc2cc(S(=O)(=O)Nc3cccc(Cl)c3Cl)ccc21. The fraction of sp³-hybridized carbons (Fsp3) is 0.278. The summed E-state index contributed by atoms with van der Waals surface area (Å²) in [5.41, 5.74) is 1.89. The van der Waals surface area contributed by atoms with Crippen LogP contribution in [0.4, 0.5) is 11.4 Å². The molecule has 0 aromatic heterocycles. The first-order valence-electron chi connectivity index (χ1n) is 8.28. The summed E-state index contributed by atoms with van der Waals surface area (Å²) in [6, 6.07) is 9.60. The van der Waals surface area contributed by atoms with Crippen LogP contribution < -0.4 is 9.62 Å². The molecule has 26 heavy (non-hydrogen) atoms. The Hall–Kier alpha value is -1.76. The van der Waals surface area contributed by atoms with Gasteiger partial charge in [0.1, 0.15) is 0 Å². The van der Waals surface area contributed by atoms with Crippen LogP contribution in [0.5, 0.6) is 0 Å². The lowest BCUT2D eigenvalue weighted by Crippen LogP contribution is -2.30. The summed E-state index contributed by atoms with van der Waals surface area (Å²) in [7, 11) is -3.81. The Morgan fingerprint density at radius 3 is 2.65 bits per heavy atom. The number of halogens is 2. The second-order valence-electron chi connectivity index (χ2n) is 6.51. The summed E-state index contributed by atoms with van der Waals surface area (Å²) >= 11 is 12.0. The lowest BCUT2D eigenvalue weighted by Gasteiger charge is -2.17. The number of nitrogens with zero attached hydrogens (tertiary/aromatic N) is 1. The van der Waals surface area contributed by atoms with E-state index in [4.69, 9.17) is 23.2 Å². The molecule has 0 bridgehead atoms. The molecule has 0 saturated heterocycles. The highest BCUT2D eigenvalue weighted by molar-refractivity contribution is 7.92. The van der Waals surface area contributed by atoms with Gasteiger partial charge in [-0.2, -0.15) is 0 Å². The molecule has 0 spiro atoms. The van der Waals surface area contributed by atoms with Gasteiger partial charge < -0.3 is 4.90 Å². The Morgan fingerprint density at radius 1 is 1.15 bits per heavy atom. The number of anilines is 2. The minimum Gasteiger partial charge on any atom is -0.312 e. The van der Waals surface area contributed by atoms with E-state index in [1.807, 2.05) is 0 Å². The molecule has 2 aliphatic rings. The number of hydrogen-bond donors (Lipinski definition) is 1. The highest BCUT2D eigenvalue weighted by Gasteiger charge is 2.36. The molecule has 1 aliphatic carbocycles. The highest BCUT2D eigenvalue weighted by Crippen LogP contribution is 2.37. The van der Waals surface area contributed by atoms with Gasteiger partial charge in [-0.3, -0.25) is 9.52 Å². The van der Waals surface area contributed by atoms with Gasteiger partial charge in [-0.05, 0) is 55.2 Å². The molecule has 5 nitrogen and oxygen atoms in total. The summed E-state index contributed by atoms with van der Waals surface area (Å²) in [5, 5.41) is 0.426. The molecular weight excluding hydrogens is 395 g/mol. The molecule has 4 rings (SSSR count). The van der Waals surface area contributed by atoms with Gasteiger partial charge in [-0.15, -0.1) is 0 Å². The van der Waals surface area contributed by atoms with E-state index in [1.165, 1.54) is 6.07 Å². The fourth-order valence-corrected chi connectivity index (χ4v) is 4.64. The monoisotopic (exact) mass is 410 g/mol. The van der Waals surface area contributed by atoms with Gasteiger partial charge in [0.2, 0.25) is 5.91 Å². The Balaban J connectivity index is 1.62. The van der Waals surface area contributed by atoms with E-state index >= 15 is 0 Å². The van der Waals surface area contributed by atoms with Crippen LogP contribution in [0, 0.1) is 5.92 Å². The van der Waals surface area contributed by atoms with Gasteiger partial charge >= 0.3 is 0 Å². The maximum absolute atomic E-state index is 12.7. The number of hydrogen-bond acceptors (Lipinski definition) is 3. The minimum absolute atomic E-state index is 0.132. The third-order valence-electron chi connectivity index (χ3n) is 4.65. The van der Waals surface area contributed by atoms with Crippen molar-refractivity contribution in [2.45, 2.75) is 24.2 Å². The Labute approximate surface area is 162 Å². The molecule has 1 aliphatic heterocycles. The standard InChI is InChI=1S/C18H16Cl2N2O3S/c19-14-2-1-3-15(17(14)20)21-26(24,25)13-6-7-16-12(10-13)8-9-22(16)18(23)11-4-5-11/h1-3,6-7,10-11,21H,4-5,8-9H2. The summed E-state index contributed by atoms with van der Waals surface area (Å²) < 4.78 is 27.9. The summed E-state index contributed by atoms with van der Waals surface area (Å²) in [6.45, 7) is 0.599. The zero-order chi connectivity index (χ0) is 18.5. The predicted molar refractivity (Wildman–Crippen MR) is 102 cm³/mol. The number of fused-ring (bicyclic) bond motifs is 1. The zero-order valence-corrected chi connectivity index (χ0v) is 16.0. The number of sulfonamides is 1. The number of carbonyl (C=O) groups is 1. The molecule has 0 atom stereocenters. The average molecular weight is 411 g/mol. The van der Waals surface area contributed by atoms with Crippen molar-refractivity contribution in [1.29, 1.82) is 0 Å². The van der Waals surface area contributed by atoms with Gasteiger partial charge in [0.25, 0.3) is 10.0 Å². The number of amides is 1. The number of carbonyl (C=O) groups excluding carboxylic acids is 1. The predicted octanol–water partition coefficient (Wildman–Crippen LogP) is 4.09. The van der Waals surface area contributed by atoms with Crippen molar-refractivity contribution in [2.24, 2.45) is 5.92 Å². The number of benzene rings is 2. The van der Waals surface area contributed by atoms with Gasteiger partial charge in [0, 0.05) is 18.2 Å². The Morgan fingerprint density at radius 2 is 1.92 bits per heavy atom. The van der Waals surface area contributed by atoms with E-state index in [0.717, 1.165) is 24.1 Å². The first kappa shape index (κ1) is 17.6. The van der Waals surface area contributed by atoms with Crippen molar-refractivity contribution in [3.8, 4) is 0 Å². The van der Waals surface area contributed by atoms with Crippen LogP contribution in [0.15, 0.2) is 41.3 Å². The Bertz CT molecular complexity index is 1000. The van der Waals surface area contributed by atoms with Crippen LogP contribution in [-0.4, -0.2) is 20.9 Å². The van der Waals surface area contributed by atoms with Crippen LogP contribution in [0.25, 0.3) is 0 Å². The van der Waals surface area contributed by atoms with E-state index in [9.17, 15) is 13.2 Å². The summed E-state index contributed by atoms with van der Waals surface area (Å²) in [4.78, 5) is 14.2. The molecule has 1 N–H and O–H groups in total. The normalized spacial score (nSPS) is 16.5. The first-order valence-corrected chi connectivity index (χ1v) is 10.5. The van der Waals surface area contributed by atoms with Crippen molar-refractivity contribution >= 4 is 50.5 Å². The van der Waals surface area contributed by atoms with E-state index in [1.54, 1.807) is 35.2 Å². The average Bonchev–Trinajstić information content (AvgIpc) is 3.37. The van der Waals surface area contributed by atoms with Crippen molar-refractivity contribution < 1.29 is 13.2 Å². The van der Waals surface area contributed by atoms with Gasteiger partial charge in [-0.25, -0.2) is 8.42 Å². The van der Waals surface area contributed by atoms with Gasteiger partial charge in [0.05, 0.1) is 20.6 Å². The lowest BCUT2D eigenvalue weighted by molar-refractivity contribution is -0.119. The van der Waals surface area contributed by atoms with E-state index in [0.29, 0.717) is 13.0 Å². The van der Waals surface area contributed by atoms with Crippen LogP contribution in [0.1, 0.15) is 18.4 Å². The second-order valence-corrected chi connectivity index (χ2v) is 8.98. The number of nitrogens with one attached hydrogen (secondary N) is 1. The molecule has 8 heteroatoms. The molecule has 1 heterocycles. The maximum Gasteiger partial charge on any atom is 0.261 e. The largest absolute Gasteiger partial charge is 0.312 e. The number of rotatable bonds is 4. The van der Waals surface area contributed by atoms with Crippen molar-refractivity contribution in [3.63, 3.8) is 0 Å². The maximum atomic E-state index is 12.7. The first-order chi connectivity index (χ1) is 12.4. The smallest absolute Gasteiger partial charge is 0.261 e. The zero-order valence-electron chi connectivity index (χ0n) is 13.7. The lowest BCUT2D eigenvalue weighted by atomic mass is 10.2. The summed E-state index contributed by atoms with van der Waals surface area (Å²) in [5.74, 6) is 0.277. The van der Waals surface area contributed by atoms with E-state index < -0.39 is 10.0 Å². The van der Waals surface area contributed by atoms with Crippen LogP contribution >= 0.6 is 23.2 Å². The van der Waals surface area contributed by atoms with Crippen LogP contribution in [0.2, 0.25) is 10.0 Å². The molecule has 2 aromatic carbocycles. The topological polar surface area (TPSA) is 66.5 Å². The van der Waals surface area contributed by atoms with Crippen molar-refractivity contribution in [2.75, 3.05) is 16.2 Å². The molecule has 1 fully saturated rings. The van der Waals surface area contributed by atoms with Crippen molar-refractivity contribution in [3.05, 3.63) is 52.0 Å².